The number of carbonyl (C=O) groups is 1. The van der Waals surface area contributed by atoms with Crippen molar-refractivity contribution in [3.63, 3.8) is 0 Å². The molecule has 0 bridgehead atoms. The molecular formula is C27H20Cl2FN5O3. The monoisotopic (exact) mass is 551 g/mol. The zero-order valence-electron chi connectivity index (χ0n) is 20.2. The van der Waals surface area contributed by atoms with Crippen LogP contribution in [-0.4, -0.2) is 34.5 Å². The molecule has 3 heterocycles. The van der Waals surface area contributed by atoms with Crippen LogP contribution < -0.4 is 20.1 Å². The van der Waals surface area contributed by atoms with Crippen LogP contribution in [0.1, 0.15) is 0 Å². The van der Waals surface area contributed by atoms with E-state index in [1.807, 2.05) is 22.7 Å². The fraction of sp³-hybridized carbons (Fsp3) is 0.0741. The van der Waals surface area contributed by atoms with Crippen LogP contribution in [0.2, 0.25) is 10.0 Å². The van der Waals surface area contributed by atoms with E-state index in [1.54, 1.807) is 42.7 Å². The second kappa shape index (κ2) is 10.2. The summed E-state index contributed by atoms with van der Waals surface area (Å²) in [5.41, 5.74) is 3.47. The highest BCUT2D eigenvalue weighted by Gasteiger charge is 2.22. The molecule has 5 aromatic rings. The van der Waals surface area contributed by atoms with Gasteiger partial charge in [0.2, 0.25) is 0 Å². The molecule has 0 atom stereocenters. The standard InChI is InChI=1S/C27H20Cl2FN5O3/c1-14(30)27(36)34-18-7-5-4-6-17(18)33-22-11-19-15(13-32-22)10-16(26-31-8-9-35(19)26)23-24(28)20(37-2)12-21(38-3)25(23)29/h4-13H,1H2,2-3H3,(H,32,33)(H,34,36). The van der Waals surface area contributed by atoms with Crippen LogP contribution in [0.3, 0.4) is 0 Å². The van der Waals surface area contributed by atoms with E-state index in [9.17, 15) is 9.18 Å². The first-order chi connectivity index (χ1) is 18.3. The molecule has 1 amide bonds. The molecule has 0 fully saturated rings. The van der Waals surface area contributed by atoms with E-state index in [2.05, 4.69) is 27.2 Å². The average molecular weight is 552 g/mol. The number of imidazole rings is 1. The Hall–Kier alpha value is -4.34. The van der Waals surface area contributed by atoms with Gasteiger partial charge in [0.1, 0.15) is 23.0 Å². The minimum absolute atomic E-state index is 0.323. The Morgan fingerprint density at radius 3 is 2.37 bits per heavy atom. The molecule has 0 aliphatic rings. The van der Waals surface area contributed by atoms with Crippen molar-refractivity contribution in [2.45, 2.75) is 0 Å². The first-order valence-corrected chi connectivity index (χ1v) is 12.0. The number of nitrogens with one attached hydrogen (secondary N) is 2. The maximum atomic E-state index is 13.2. The second-order valence-corrected chi connectivity index (χ2v) is 8.88. The summed E-state index contributed by atoms with van der Waals surface area (Å²) in [7, 11) is 3.03. The maximum Gasteiger partial charge on any atom is 0.283 e. The number of rotatable bonds is 7. The van der Waals surface area contributed by atoms with Crippen LogP contribution in [-0.2, 0) is 4.79 Å². The minimum Gasteiger partial charge on any atom is -0.495 e. The Labute approximate surface area is 226 Å². The van der Waals surface area contributed by atoms with Crippen LogP contribution >= 0.6 is 23.2 Å². The van der Waals surface area contributed by atoms with Gasteiger partial charge in [0.25, 0.3) is 5.91 Å². The number of amides is 1. The summed E-state index contributed by atoms with van der Waals surface area (Å²) in [5, 5.41) is 7.08. The Morgan fingerprint density at radius 2 is 1.71 bits per heavy atom. The third-order valence-corrected chi connectivity index (χ3v) is 6.63. The quantitative estimate of drug-likeness (QED) is 0.211. The number of halogens is 3. The molecule has 11 heteroatoms. The molecule has 38 heavy (non-hydrogen) atoms. The van der Waals surface area contributed by atoms with Gasteiger partial charge in [0, 0.05) is 47.2 Å². The van der Waals surface area contributed by atoms with Gasteiger partial charge >= 0.3 is 0 Å². The van der Waals surface area contributed by atoms with Gasteiger partial charge in [-0.05, 0) is 18.2 Å². The first kappa shape index (κ1) is 25.3. The van der Waals surface area contributed by atoms with Gasteiger partial charge in [-0.25, -0.2) is 14.4 Å². The van der Waals surface area contributed by atoms with Crippen LogP contribution in [0, 0.1) is 0 Å². The van der Waals surface area contributed by atoms with E-state index in [0.717, 1.165) is 10.9 Å². The highest BCUT2D eigenvalue weighted by Crippen LogP contribution is 2.47. The molecule has 0 radical (unpaired) electrons. The summed E-state index contributed by atoms with van der Waals surface area (Å²) in [4.78, 5) is 20.9. The molecule has 0 unspecified atom stereocenters. The van der Waals surface area contributed by atoms with E-state index in [0.29, 0.717) is 55.5 Å². The third kappa shape index (κ3) is 4.46. The number of aromatic nitrogens is 3. The molecule has 0 saturated carbocycles. The van der Waals surface area contributed by atoms with Crippen molar-refractivity contribution in [3.8, 4) is 22.6 Å². The predicted molar refractivity (Wildman–Crippen MR) is 148 cm³/mol. The van der Waals surface area contributed by atoms with E-state index >= 15 is 0 Å². The number of pyridine rings is 2. The van der Waals surface area contributed by atoms with Gasteiger partial charge < -0.3 is 20.1 Å². The van der Waals surface area contributed by atoms with Crippen molar-refractivity contribution in [1.82, 2.24) is 14.4 Å². The zero-order valence-corrected chi connectivity index (χ0v) is 21.7. The summed E-state index contributed by atoms with van der Waals surface area (Å²) in [6.07, 6.45) is 5.16. The molecule has 2 aromatic carbocycles. The van der Waals surface area contributed by atoms with Gasteiger partial charge in [0.15, 0.2) is 5.83 Å². The number of hydrogen-bond acceptors (Lipinski definition) is 6. The van der Waals surface area contributed by atoms with Crippen LogP contribution in [0.4, 0.5) is 21.6 Å². The number of hydrogen-bond donors (Lipinski definition) is 2. The van der Waals surface area contributed by atoms with Gasteiger partial charge in [-0.3, -0.25) is 9.20 Å². The molecule has 5 rings (SSSR count). The van der Waals surface area contributed by atoms with Gasteiger partial charge in [-0.2, -0.15) is 0 Å². The molecule has 3 aromatic heterocycles. The van der Waals surface area contributed by atoms with Gasteiger partial charge in [0.05, 0.1) is 41.2 Å². The second-order valence-electron chi connectivity index (χ2n) is 8.12. The summed E-state index contributed by atoms with van der Waals surface area (Å²) in [6.45, 7) is 3.03. The summed E-state index contributed by atoms with van der Waals surface area (Å²) in [5.74, 6) is -0.708. The maximum absolute atomic E-state index is 13.2. The summed E-state index contributed by atoms with van der Waals surface area (Å²) in [6, 6.07) is 12.2. The highest BCUT2D eigenvalue weighted by molar-refractivity contribution is 6.41. The SMILES string of the molecule is C=C(F)C(=O)Nc1ccccc1Nc1cc2c(cn1)cc(-c1c(Cl)c(OC)cc(OC)c1Cl)c1nccn12. The fourth-order valence-electron chi connectivity index (χ4n) is 4.10. The number of ether oxygens (including phenoxy) is 2. The molecule has 0 spiro atoms. The fourth-order valence-corrected chi connectivity index (χ4v) is 4.80. The number of methoxy groups -OCH3 is 2. The van der Waals surface area contributed by atoms with Gasteiger partial charge in [-0.15, -0.1) is 0 Å². The highest BCUT2D eigenvalue weighted by atomic mass is 35.5. The van der Waals surface area contributed by atoms with Crippen molar-refractivity contribution in [2.24, 2.45) is 0 Å². The normalized spacial score (nSPS) is 11.0. The molecule has 0 aliphatic carbocycles. The first-order valence-electron chi connectivity index (χ1n) is 11.2. The molecule has 8 nitrogen and oxygen atoms in total. The number of carbonyl (C=O) groups excluding carboxylic acids is 1. The smallest absolute Gasteiger partial charge is 0.283 e. The van der Waals surface area contributed by atoms with Crippen molar-refractivity contribution < 1.29 is 18.7 Å². The molecule has 0 saturated heterocycles. The predicted octanol–water partition coefficient (Wildman–Crippen LogP) is 7.04. The number of benzene rings is 2. The van der Waals surface area contributed by atoms with Crippen LogP contribution in [0.25, 0.3) is 27.7 Å². The molecular weight excluding hydrogens is 532 g/mol. The van der Waals surface area contributed by atoms with Crippen molar-refractivity contribution in [1.29, 1.82) is 0 Å². The lowest BCUT2D eigenvalue weighted by molar-refractivity contribution is -0.114. The zero-order chi connectivity index (χ0) is 27.0. The number of fused-ring (bicyclic) bond motifs is 3. The molecule has 0 aliphatic heterocycles. The van der Waals surface area contributed by atoms with E-state index in [4.69, 9.17) is 32.7 Å². The summed E-state index contributed by atoms with van der Waals surface area (Å²) < 4.78 is 26.0. The van der Waals surface area contributed by atoms with E-state index in [1.165, 1.54) is 14.2 Å². The van der Waals surface area contributed by atoms with E-state index < -0.39 is 11.7 Å². The third-order valence-electron chi connectivity index (χ3n) is 5.88. The average Bonchev–Trinajstić information content (AvgIpc) is 3.41. The Morgan fingerprint density at radius 1 is 1.03 bits per heavy atom. The molecule has 2 N–H and O–H groups in total. The lowest BCUT2D eigenvalue weighted by atomic mass is 10.0. The number of nitrogens with zero attached hydrogens (tertiary/aromatic N) is 3. The van der Waals surface area contributed by atoms with Crippen molar-refractivity contribution in [2.75, 3.05) is 24.9 Å². The lowest BCUT2D eigenvalue weighted by Crippen LogP contribution is -2.12. The Kier molecular flexibility index (Phi) is 6.79. The van der Waals surface area contributed by atoms with Crippen molar-refractivity contribution in [3.05, 3.63) is 83.5 Å². The van der Waals surface area contributed by atoms with Crippen LogP contribution in [0.5, 0.6) is 11.5 Å². The van der Waals surface area contributed by atoms with Crippen molar-refractivity contribution >= 4 is 62.9 Å². The Bertz CT molecular complexity index is 1710. The summed E-state index contributed by atoms with van der Waals surface area (Å²) >= 11 is 13.4. The number of para-hydroxylation sites is 2. The largest absolute Gasteiger partial charge is 0.495 e. The lowest BCUT2D eigenvalue weighted by Gasteiger charge is -2.17. The topological polar surface area (TPSA) is 89.8 Å². The molecule has 192 valence electrons. The van der Waals surface area contributed by atoms with E-state index in [-0.39, 0.29) is 0 Å². The minimum atomic E-state index is -1.09. The van der Waals surface area contributed by atoms with Crippen LogP contribution in [0.15, 0.2) is 73.5 Å². The Balaban J connectivity index is 1.62. The number of anilines is 3. The van der Waals surface area contributed by atoms with Gasteiger partial charge in [-0.1, -0.05) is 41.9 Å².